The molecule has 2 aromatic carbocycles. The Kier molecular flexibility index (Phi) is 3.18. The first-order valence-electron chi connectivity index (χ1n) is 6.61. The lowest BCUT2D eigenvalue weighted by Crippen LogP contribution is -1.97. The first kappa shape index (κ1) is 14.8. The number of hydrogen-bond donors (Lipinski definition) is 0. The molecule has 0 amide bonds. The Hall–Kier alpha value is -2.72. The second-order valence-corrected chi connectivity index (χ2v) is 7.37. The largest absolute Gasteiger partial charge is 0.431 e. The third kappa shape index (κ3) is 2.36. The third-order valence-electron chi connectivity index (χ3n) is 3.35. The summed E-state index contributed by atoms with van der Waals surface area (Å²) in [5.74, 6) is 0. The molecule has 1 aliphatic rings. The van der Waals surface area contributed by atoms with E-state index >= 15 is 0 Å². The summed E-state index contributed by atoms with van der Waals surface area (Å²) in [6, 6.07) is 10.7. The van der Waals surface area contributed by atoms with E-state index in [0.717, 1.165) is 17.8 Å². The van der Waals surface area contributed by atoms with Crippen molar-refractivity contribution in [3.8, 4) is 0 Å². The van der Waals surface area contributed by atoms with E-state index in [9.17, 15) is 18.5 Å². The molecule has 3 aromatic rings. The Labute approximate surface area is 139 Å². The van der Waals surface area contributed by atoms with E-state index in [-0.39, 0.29) is 20.8 Å². The number of oxazole rings is 1. The highest BCUT2D eigenvalue weighted by atomic mass is 32.2. The minimum atomic E-state index is -3.97. The SMILES string of the molecule is O=[N+]([O-])c1ccc2c(c1)S(=O)(=O)N=C2Sc1nc2ccccc2o1. The summed E-state index contributed by atoms with van der Waals surface area (Å²) in [6.45, 7) is 0. The van der Waals surface area contributed by atoms with Gasteiger partial charge in [0.05, 0.1) is 4.92 Å². The quantitative estimate of drug-likeness (QED) is 0.509. The normalized spacial score (nSPS) is 15.2. The maximum absolute atomic E-state index is 12.1. The van der Waals surface area contributed by atoms with Gasteiger partial charge in [-0.2, -0.15) is 12.8 Å². The van der Waals surface area contributed by atoms with Crippen molar-refractivity contribution in [2.75, 3.05) is 0 Å². The monoisotopic (exact) mass is 361 g/mol. The molecule has 0 spiro atoms. The molecule has 0 saturated carbocycles. The fraction of sp³-hybridized carbons (Fsp3) is 0. The number of non-ortho nitro benzene ring substituents is 1. The van der Waals surface area contributed by atoms with Gasteiger partial charge in [0, 0.05) is 17.7 Å². The van der Waals surface area contributed by atoms with Crippen molar-refractivity contribution in [3.05, 3.63) is 58.1 Å². The van der Waals surface area contributed by atoms with Crippen LogP contribution in [0.1, 0.15) is 5.56 Å². The molecule has 10 heteroatoms. The van der Waals surface area contributed by atoms with Crippen LogP contribution in [0.5, 0.6) is 0 Å². The second kappa shape index (κ2) is 5.14. The lowest BCUT2D eigenvalue weighted by atomic mass is 10.2. The molecule has 24 heavy (non-hydrogen) atoms. The van der Waals surface area contributed by atoms with Gasteiger partial charge in [0.2, 0.25) is 0 Å². The number of sulfonamides is 1. The highest BCUT2D eigenvalue weighted by Gasteiger charge is 2.32. The molecule has 0 fully saturated rings. The van der Waals surface area contributed by atoms with Gasteiger partial charge in [-0.25, -0.2) is 4.98 Å². The third-order valence-corrected chi connectivity index (χ3v) is 5.63. The van der Waals surface area contributed by atoms with Crippen LogP contribution in [0.15, 0.2) is 61.4 Å². The lowest BCUT2D eigenvalue weighted by molar-refractivity contribution is -0.385. The fourth-order valence-corrected chi connectivity index (χ4v) is 4.64. The van der Waals surface area contributed by atoms with Crippen molar-refractivity contribution in [2.24, 2.45) is 4.40 Å². The summed E-state index contributed by atoms with van der Waals surface area (Å²) in [5, 5.41) is 11.2. The maximum atomic E-state index is 12.1. The Morgan fingerprint density at radius 1 is 1.17 bits per heavy atom. The molecule has 0 N–H and O–H groups in total. The number of hydrogen-bond acceptors (Lipinski definition) is 7. The van der Waals surface area contributed by atoms with Crippen molar-refractivity contribution >= 4 is 43.6 Å². The summed E-state index contributed by atoms with van der Waals surface area (Å²) in [4.78, 5) is 14.2. The number of nitrogens with zero attached hydrogens (tertiary/aromatic N) is 3. The minimum absolute atomic E-state index is 0.173. The summed E-state index contributed by atoms with van der Waals surface area (Å²) in [6.07, 6.45) is 0. The molecule has 1 aliphatic heterocycles. The van der Waals surface area contributed by atoms with Crippen LogP contribution in [0.3, 0.4) is 0 Å². The number of para-hydroxylation sites is 2. The van der Waals surface area contributed by atoms with Crippen LogP contribution in [0.25, 0.3) is 11.1 Å². The molecular formula is C14H7N3O5S2. The topological polar surface area (TPSA) is 116 Å². The first-order valence-corrected chi connectivity index (χ1v) is 8.87. The van der Waals surface area contributed by atoms with Crippen molar-refractivity contribution in [1.29, 1.82) is 0 Å². The van der Waals surface area contributed by atoms with E-state index < -0.39 is 14.9 Å². The van der Waals surface area contributed by atoms with E-state index in [0.29, 0.717) is 16.7 Å². The van der Waals surface area contributed by atoms with Gasteiger partial charge in [0.15, 0.2) is 5.58 Å². The zero-order valence-electron chi connectivity index (χ0n) is 11.7. The minimum Gasteiger partial charge on any atom is -0.431 e. The Morgan fingerprint density at radius 2 is 1.96 bits per heavy atom. The molecule has 8 nitrogen and oxygen atoms in total. The number of fused-ring (bicyclic) bond motifs is 2. The van der Waals surface area contributed by atoms with E-state index in [1.807, 2.05) is 6.07 Å². The number of aromatic nitrogens is 1. The highest BCUT2D eigenvalue weighted by Crippen LogP contribution is 2.36. The van der Waals surface area contributed by atoms with E-state index in [4.69, 9.17) is 4.42 Å². The molecule has 0 saturated heterocycles. The molecule has 120 valence electrons. The van der Waals surface area contributed by atoms with Crippen LogP contribution in [0.2, 0.25) is 0 Å². The molecule has 0 radical (unpaired) electrons. The predicted molar refractivity (Wildman–Crippen MR) is 86.7 cm³/mol. The molecule has 0 bridgehead atoms. The summed E-state index contributed by atoms with van der Waals surface area (Å²) in [5.41, 5.74) is 1.21. The molecule has 0 atom stereocenters. The van der Waals surface area contributed by atoms with Gasteiger partial charge in [-0.05, 0) is 30.0 Å². The number of nitro groups is 1. The zero-order valence-corrected chi connectivity index (χ0v) is 13.4. The summed E-state index contributed by atoms with van der Waals surface area (Å²) in [7, 11) is -3.97. The smallest absolute Gasteiger partial charge is 0.284 e. The van der Waals surface area contributed by atoms with Crippen LogP contribution in [0, 0.1) is 10.1 Å². The van der Waals surface area contributed by atoms with Crippen LogP contribution in [-0.4, -0.2) is 23.4 Å². The first-order chi connectivity index (χ1) is 11.4. The van der Waals surface area contributed by atoms with Crippen molar-refractivity contribution in [3.63, 3.8) is 0 Å². The van der Waals surface area contributed by atoms with Gasteiger partial charge in [0.1, 0.15) is 15.5 Å². The molecule has 4 rings (SSSR count). The Balaban J connectivity index is 1.76. The second-order valence-electron chi connectivity index (χ2n) is 4.86. The number of thioether (sulfide) groups is 1. The van der Waals surface area contributed by atoms with Gasteiger partial charge in [-0.1, -0.05) is 12.1 Å². The van der Waals surface area contributed by atoms with Gasteiger partial charge in [0.25, 0.3) is 20.9 Å². The van der Waals surface area contributed by atoms with Crippen LogP contribution >= 0.6 is 11.8 Å². The average molecular weight is 361 g/mol. The van der Waals surface area contributed by atoms with Crippen LogP contribution in [-0.2, 0) is 10.0 Å². The fourth-order valence-electron chi connectivity index (χ4n) is 2.27. The van der Waals surface area contributed by atoms with Gasteiger partial charge >= 0.3 is 0 Å². The molecule has 2 heterocycles. The van der Waals surface area contributed by atoms with Crippen molar-refractivity contribution in [2.45, 2.75) is 10.1 Å². The van der Waals surface area contributed by atoms with Gasteiger partial charge < -0.3 is 4.42 Å². The van der Waals surface area contributed by atoms with E-state index in [1.165, 1.54) is 12.1 Å². The van der Waals surface area contributed by atoms with Crippen molar-refractivity contribution < 1.29 is 17.8 Å². The summed E-state index contributed by atoms with van der Waals surface area (Å²) >= 11 is 0.959. The molecular weight excluding hydrogens is 354 g/mol. The highest BCUT2D eigenvalue weighted by molar-refractivity contribution is 8.15. The zero-order chi connectivity index (χ0) is 16.9. The lowest BCUT2D eigenvalue weighted by Gasteiger charge is -1.99. The average Bonchev–Trinajstić information content (AvgIpc) is 3.05. The number of nitro benzene ring substituents is 1. The number of rotatable bonds is 2. The van der Waals surface area contributed by atoms with Crippen LogP contribution < -0.4 is 0 Å². The van der Waals surface area contributed by atoms with Crippen LogP contribution in [0.4, 0.5) is 5.69 Å². The van der Waals surface area contributed by atoms with Gasteiger partial charge in [-0.3, -0.25) is 10.1 Å². The van der Waals surface area contributed by atoms with Gasteiger partial charge in [-0.15, -0.1) is 0 Å². The Morgan fingerprint density at radius 3 is 2.71 bits per heavy atom. The van der Waals surface area contributed by atoms with E-state index in [2.05, 4.69) is 9.38 Å². The molecule has 0 unspecified atom stereocenters. The molecule has 0 aliphatic carbocycles. The standard InChI is InChI=1S/C14H7N3O5S2/c18-17(19)8-5-6-9-12(7-8)24(20,21)16-13(9)23-14-15-10-3-1-2-4-11(10)22-14/h1-7H. The molecule has 1 aromatic heterocycles. The summed E-state index contributed by atoms with van der Waals surface area (Å²) < 4.78 is 33.5. The predicted octanol–water partition coefficient (Wildman–Crippen LogP) is 2.98. The maximum Gasteiger partial charge on any atom is 0.284 e. The van der Waals surface area contributed by atoms with Crippen molar-refractivity contribution in [1.82, 2.24) is 4.98 Å². The Bertz CT molecular complexity index is 1100. The number of benzene rings is 2. The van der Waals surface area contributed by atoms with E-state index in [1.54, 1.807) is 18.2 Å².